The maximum Gasteiger partial charge on any atom is 0.288 e. The molecule has 0 atom stereocenters. The van der Waals surface area contributed by atoms with Crippen molar-refractivity contribution in [2.75, 3.05) is 6.61 Å². The largest absolute Gasteiger partial charge is 0.475 e. The zero-order valence-corrected chi connectivity index (χ0v) is 12.8. The van der Waals surface area contributed by atoms with Crippen LogP contribution in [0.4, 0.5) is 5.69 Å². The van der Waals surface area contributed by atoms with E-state index in [-0.39, 0.29) is 11.2 Å². The highest BCUT2D eigenvalue weighted by molar-refractivity contribution is 9.10. The molecule has 1 aromatic heterocycles. The quantitative estimate of drug-likeness (QED) is 0.515. The van der Waals surface area contributed by atoms with Gasteiger partial charge in [-0.1, -0.05) is 25.7 Å². The van der Waals surface area contributed by atoms with E-state index in [1.807, 2.05) is 0 Å². The molecule has 2 rings (SSSR count). The molecule has 110 valence electrons. The molecular formula is C13H18BrN3O3. The molecule has 0 bridgehead atoms. The minimum Gasteiger partial charge on any atom is -0.475 e. The van der Waals surface area contributed by atoms with E-state index >= 15 is 0 Å². The lowest BCUT2D eigenvalue weighted by molar-refractivity contribution is -0.385. The first-order valence-electron chi connectivity index (χ1n) is 6.72. The van der Waals surface area contributed by atoms with Gasteiger partial charge in [0.2, 0.25) is 5.88 Å². The standard InChI is InChI=1S/C13H18BrN3O3/c14-11-7-10(17(18)19)8-16-12(11)20-9-13(15)5-3-1-2-4-6-13/h7-8H,1-6,9,15H2. The normalized spacial score (nSPS) is 18.3. The van der Waals surface area contributed by atoms with Gasteiger partial charge >= 0.3 is 0 Å². The first kappa shape index (κ1) is 15.2. The van der Waals surface area contributed by atoms with E-state index in [1.54, 1.807) is 0 Å². The third-order valence-corrected chi connectivity index (χ3v) is 4.17. The van der Waals surface area contributed by atoms with Gasteiger partial charge in [-0.3, -0.25) is 10.1 Å². The van der Waals surface area contributed by atoms with Gasteiger partial charge in [0.05, 0.1) is 14.9 Å². The Labute approximate surface area is 126 Å². The number of rotatable bonds is 4. The van der Waals surface area contributed by atoms with Crippen LogP contribution in [0.15, 0.2) is 16.7 Å². The van der Waals surface area contributed by atoms with Gasteiger partial charge < -0.3 is 10.5 Å². The molecule has 1 fully saturated rings. The van der Waals surface area contributed by atoms with E-state index in [4.69, 9.17) is 10.5 Å². The number of nitrogens with zero attached hydrogens (tertiary/aromatic N) is 2. The number of nitro groups is 1. The number of hydrogen-bond donors (Lipinski definition) is 1. The van der Waals surface area contributed by atoms with Crippen LogP contribution in [0.5, 0.6) is 5.88 Å². The molecule has 0 amide bonds. The summed E-state index contributed by atoms with van der Waals surface area (Å²) in [5.41, 5.74) is 5.97. The van der Waals surface area contributed by atoms with Crippen LogP contribution in [-0.4, -0.2) is 22.1 Å². The van der Waals surface area contributed by atoms with Crippen molar-refractivity contribution in [3.63, 3.8) is 0 Å². The van der Waals surface area contributed by atoms with Crippen molar-refractivity contribution < 1.29 is 9.66 Å². The molecule has 0 unspecified atom stereocenters. The lowest BCUT2D eigenvalue weighted by Crippen LogP contribution is -2.45. The number of nitrogens with two attached hydrogens (primary N) is 1. The van der Waals surface area contributed by atoms with Gasteiger partial charge in [-0.05, 0) is 28.8 Å². The topological polar surface area (TPSA) is 91.3 Å². The highest BCUT2D eigenvalue weighted by Crippen LogP contribution is 2.29. The van der Waals surface area contributed by atoms with Crippen LogP contribution in [0.2, 0.25) is 0 Å². The maximum atomic E-state index is 10.6. The second-order valence-corrected chi connectivity index (χ2v) is 6.16. The first-order chi connectivity index (χ1) is 9.50. The Balaban J connectivity index is 2.01. The summed E-state index contributed by atoms with van der Waals surface area (Å²) in [5, 5.41) is 10.6. The fraction of sp³-hybridized carbons (Fsp3) is 0.615. The van der Waals surface area contributed by atoms with Crippen LogP contribution in [0, 0.1) is 10.1 Å². The molecule has 2 N–H and O–H groups in total. The molecule has 6 nitrogen and oxygen atoms in total. The van der Waals surface area contributed by atoms with Crippen molar-refractivity contribution in [3.8, 4) is 5.88 Å². The van der Waals surface area contributed by atoms with Gasteiger partial charge in [0.1, 0.15) is 12.8 Å². The second-order valence-electron chi connectivity index (χ2n) is 5.30. The Hall–Kier alpha value is -1.21. The predicted molar refractivity (Wildman–Crippen MR) is 78.7 cm³/mol. The fourth-order valence-electron chi connectivity index (χ4n) is 2.41. The summed E-state index contributed by atoms with van der Waals surface area (Å²) >= 11 is 3.24. The Morgan fingerprint density at radius 1 is 1.40 bits per heavy atom. The fourth-order valence-corrected chi connectivity index (χ4v) is 2.86. The molecule has 1 aliphatic rings. The highest BCUT2D eigenvalue weighted by atomic mass is 79.9. The smallest absolute Gasteiger partial charge is 0.288 e. The molecule has 0 aromatic carbocycles. The van der Waals surface area contributed by atoms with E-state index < -0.39 is 4.92 Å². The van der Waals surface area contributed by atoms with Crippen molar-refractivity contribution in [3.05, 3.63) is 26.9 Å². The average molecular weight is 344 g/mol. The van der Waals surface area contributed by atoms with Crippen LogP contribution in [-0.2, 0) is 0 Å². The zero-order valence-electron chi connectivity index (χ0n) is 11.2. The molecule has 0 spiro atoms. The van der Waals surface area contributed by atoms with Gasteiger partial charge in [-0.25, -0.2) is 4.98 Å². The molecule has 1 saturated carbocycles. The molecule has 0 radical (unpaired) electrons. The summed E-state index contributed by atoms with van der Waals surface area (Å²) in [4.78, 5) is 14.1. The van der Waals surface area contributed by atoms with Crippen molar-refractivity contribution in [1.29, 1.82) is 0 Å². The molecule has 1 aliphatic carbocycles. The molecular weight excluding hydrogens is 326 g/mol. The zero-order chi connectivity index (χ0) is 14.6. The molecule has 1 aromatic rings. The first-order valence-corrected chi connectivity index (χ1v) is 7.51. The second kappa shape index (κ2) is 6.49. The third kappa shape index (κ3) is 3.89. The number of aromatic nitrogens is 1. The molecule has 20 heavy (non-hydrogen) atoms. The van der Waals surface area contributed by atoms with E-state index in [9.17, 15) is 10.1 Å². The molecule has 0 saturated heterocycles. The van der Waals surface area contributed by atoms with Crippen molar-refractivity contribution in [2.45, 2.75) is 44.1 Å². The number of halogens is 1. The van der Waals surface area contributed by atoms with Gasteiger partial charge in [0, 0.05) is 6.07 Å². The molecule has 0 aliphatic heterocycles. The Kier molecular flexibility index (Phi) is 4.93. The monoisotopic (exact) mass is 343 g/mol. The van der Waals surface area contributed by atoms with Crippen molar-refractivity contribution >= 4 is 21.6 Å². The highest BCUT2D eigenvalue weighted by Gasteiger charge is 2.27. The van der Waals surface area contributed by atoms with Crippen LogP contribution in [0.1, 0.15) is 38.5 Å². The van der Waals surface area contributed by atoms with Crippen molar-refractivity contribution in [2.24, 2.45) is 5.73 Å². The van der Waals surface area contributed by atoms with Crippen LogP contribution >= 0.6 is 15.9 Å². The number of ether oxygens (including phenoxy) is 1. The Morgan fingerprint density at radius 3 is 2.60 bits per heavy atom. The minimum absolute atomic E-state index is 0.0684. The summed E-state index contributed by atoms with van der Waals surface area (Å²) in [6, 6.07) is 1.39. The number of hydrogen-bond acceptors (Lipinski definition) is 5. The number of pyridine rings is 1. The van der Waals surface area contributed by atoms with Gasteiger partial charge in [0.15, 0.2) is 0 Å². The molecule has 7 heteroatoms. The summed E-state index contributed by atoms with van der Waals surface area (Å²) in [7, 11) is 0. The van der Waals surface area contributed by atoms with Crippen LogP contribution in [0.3, 0.4) is 0 Å². The van der Waals surface area contributed by atoms with Crippen LogP contribution < -0.4 is 10.5 Å². The Bertz CT molecular complexity index is 488. The van der Waals surface area contributed by atoms with E-state index in [1.165, 1.54) is 25.1 Å². The van der Waals surface area contributed by atoms with Crippen LogP contribution in [0.25, 0.3) is 0 Å². The molecule has 1 heterocycles. The SMILES string of the molecule is NC1(COc2ncc([N+](=O)[O-])cc2Br)CCCCCC1. The summed E-state index contributed by atoms with van der Waals surface area (Å²) < 4.78 is 6.14. The summed E-state index contributed by atoms with van der Waals surface area (Å²) in [6.45, 7) is 0.385. The van der Waals surface area contributed by atoms with Gasteiger partial charge in [-0.15, -0.1) is 0 Å². The third-order valence-electron chi connectivity index (χ3n) is 3.60. The summed E-state index contributed by atoms with van der Waals surface area (Å²) in [6.07, 6.45) is 7.76. The predicted octanol–water partition coefficient (Wildman–Crippen LogP) is 3.18. The lowest BCUT2D eigenvalue weighted by atomic mass is 9.93. The maximum absolute atomic E-state index is 10.6. The lowest BCUT2D eigenvalue weighted by Gasteiger charge is -2.27. The van der Waals surface area contributed by atoms with E-state index in [2.05, 4.69) is 20.9 Å². The Morgan fingerprint density at radius 2 is 2.05 bits per heavy atom. The van der Waals surface area contributed by atoms with Gasteiger partial charge in [0.25, 0.3) is 5.69 Å². The van der Waals surface area contributed by atoms with Crippen molar-refractivity contribution in [1.82, 2.24) is 4.98 Å². The van der Waals surface area contributed by atoms with Gasteiger partial charge in [-0.2, -0.15) is 0 Å². The van der Waals surface area contributed by atoms with E-state index in [0.717, 1.165) is 25.7 Å². The average Bonchev–Trinajstić information content (AvgIpc) is 2.62. The summed E-state index contributed by atoms with van der Waals surface area (Å²) in [5.74, 6) is 0.352. The minimum atomic E-state index is -0.489. The van der Waals surface area contributed by atoms with E-state index in [0.29, 0.717) is 17.0 Å².